The standard InChI is InChI=1S/C27H23NO5/c1-14(24(29)15-7-3-2-4-8-15)33-27(32)18-9-5-6-10-21(18)28-25(30)22-16-11-12-17(20-13-19(16)20)23(22)26(28)31/h2-12,14,16-17,19-20,22-23H,13H2,1H3/t14-,16-,17-,19-,20+,22-,23+/m0/s1. The number of ketones is 1. The molecule has 6 heteroatoms. The molecule has 0 aromatic heterocycles. The third kappa shape index (κ3) is 2.93. The Morgan fingerprint density at radius 2 is 1.45 bits per heavy atom. The third-order valence-electron chi connectivity index (χ3n) is 7.74. The quantitative estimate of drug-likeness (QED) is 0.306. The summed E-state index contributed by atoms with van der Waals surface area (Å²) in [6, 6.07) is 15.1. The summed E-state index contributed by atoms with van der Waals surface area (Å²) < 4.78 is 5.47. The van der Waals surface area contributed by atoms with E-state index < -0.39 is 12.1 Å². The van der Waals surface area contributed by atoms with Crippen LogP contribution in [-0.4, -0.2) is 29.7 Å². The lowest BCUT2D eigenvalue weighted by molar-refractivity contribution is -0.124. The number of amides is 2. The number of carbonyl (C=O) groups is 4. The molecule has 0 spiro atoms. The molecule has 3 fully saturated rings. The van der Waals surface area contributed by atoms with Gasteiger partial charge in [0.05, 0.1) is 23.1 Å². The number of hydrogen-bond acceptors (Lipinski definition) is 5. The van der Waals surface area contributed by atoms with Gasteiger partial charge in [-0.3, -0.25) is 14.4 Å². The Hall–Kier alpha value is -3.54. The number of imide groups is 1. The molecule has 2 aromatic rings. The van der Waals surface area contributed by atoms with Crippen LogP contribution >= 0.6 is 0 Å². The molecule has 0 unspecified atom stereocenters. The number of allylic oxidation sites excluding steroid dienone is 2. The molecule has 0 N–H and O–H groups in total. The first-order valence-corrected chi connectivity index (χ1v) is 11.4. The molecule has 2 bridgehead atoms. The SMILES string of the molecule is C[C@H](OC(=O)c1ccccc1N1C(=O)[C@@H]2[C@H]3C=C[C@@H]([C@@H]4C[C@H]34)[C@@H]2C1=O)C(=O)c1ccccc1. The normalized spacial score (nSPS) is 31.7. The first kappa shape index (κ1) is 20.1. The topological polar surface area (TPSA) is 80.8 Å². The first-order chi connectivity index (χ1) is 16.0. The number of rotatable bonds is 5. The second kappa shape index (κ2) is 7.24. The average molecular weight is 441 g/mol. The maximum atomic E-state index is 13.5. The van der Waals surface area contributed by atoms with E-state index >= 15 is 0 Å². The molecule has 0 radical (unpaired) electrons. The summed E-state index contributed by atoms with van der Waals surface area (Å²) in [5.41, 5.74) is 0.789. The lowest BCUT2D eigenvalue weighted by atomic mass is 9.63. The van der Waals surface area contributed by atoms with E-state index in [1.54, 1.807) is 48.5 Å². The molecule has 2 aromatic carbocycles. The van der Waals surface area contributed by atoms with Crippen molar-refractivity contribution in [1.29, 1.82) is 0 Å². The predicted molar refractivity (Wildman–Crippen MR) is 119 cm³/mol. The highest BCUT2D eigenvalue weighted by molar-refractivity contribution is 6.24. The van der Waals surface area contributed by atoms with Crippen LogP contribution in [0.5, 0.6) is 0 Å². The zero-order valence-electron chi connectivity index (χ0n) is 18.1. The van der Waals surface area contributed by atoms with Crippen LogP contribution in [0.1, 0.15) is 34.1 Å². The molecule has 1 heterocycles. The van der Waals surface area contributed by atoms with Crippen LogP contribution in [-0.2, 0) is 14.3 Å². The number of ether oxygens (including phenoxy) is 1. The molecular formula is C27H23NO5. The maximum Gasteiger partial charge on any atom is 0.340 e. The Morgan fingerprint density at radius 3 is 2.09 bits per heavy atom. The second-order valence-corrected chi connectivity index (χ2v) is 9.46. The smallest absolute Gasteiger partial charge is 0.340 e. The van der Waals surface area contributed by atoms with Crippen molar-refractivity contribution in [3.05, 3.63) is 77.9 Å². The molecule has 7 rings (SSSR count). The van der Waals surface area contributed by atoms with Gasteiger partial charge in [0.2, 0.25) is 17.6 Å². The van der Waals surface area contributed by atoms with Gasteiger partial charge in [-0.25, -0.2) is 9.69 Å². The van der Waals surface area contributed by atoms with E-state index in [1.807, 2.05) is 0 Å². The summed E-state index contributed by atoms with van der Waals surface area (Å²) in [5, 5.41) is 0. The molecular weight excluding hydrogens is 418 g/mol. The second-order valence-electron chi connectivity index (χ2n) is 9.46. The van der Waals surface area contributed by atoms with Gasteiger partial charge in [0.15, 0.2) is 6.10 Å². The molecule has 5 aliphatic rings. The molecule has 33 heavy (non-hydrogen) atoms. The van der Waals surface area contributed by atoms with Gasteiger partial charge in [-0.15, -0.1) is 0 Å². The number of anilines is 1. The molecule has 7 atom stereocenters. The first-order valence-electron chi connectivity index (χ1n) is 11.4. The van der Waals surface area contributed by atoms with E-state index in [2.05, 4.69) is 12.2 Å². The van der Waals surface area contributed by atoms with Crippen LogP contribution in [0, 0.1) is 35.5 Å². The minimum atomic E-state index is -1.01. The zero-order chi connectivity index (χ0) is 22.9. The minimum absolute atomic E-state index is 0.106. The summed E-state index contributed by atoms with van der Waals surface area (Å²) in [5.74, 6) is -0.997. The summed E-state index contributed by atoms with van der Waals surface area (Å²) in [6.45, 7) is 1.52. The number of hydrogen-bond donors (Lipinski definition) is 0. The Balaban J connectivity index is 1.27. The van der Waals surface area contributed by atoms with Crippen molar-refractivity contribution in [3.63, 3.8) is 0 Å². The number of nitrogens with zero attached hydrogens (tertiary/aromatic N) is 1. The molecule has 1 aliphatic heterocycles. The maximum absolute atomic E-state index is 13.5. The lowest BCUT2D eigenvalue weighted by Gasteiger charge is -2.37. The highest BCUT2D eigenvalue weighted by Gasteiger charge is 2.67. The van der Waals surface area contributed by atoms with Crippen molar-refractivity contribution >= 4 is 29.3 Å². The third-order valence-corrected chi connectivity index (χ3v) is 7.74. The van der Waals surface area contributed by atoms with E-state index in [4.69, 9.17) is 4.74 Å². The largest absolute Gasteiger partial charge is 0.451 e. The Bertz CT molecular complexity index is 1180. The Kier molecular flexibility index (Phi) is 4.41. The van der Waals surface area contributed by atoms with E-state index in [1.165, 1.54) is 17.9 Å². The van der Waals surface area contributed by atoms with Crippen molar-refractivity contribution in [2.24, 2.45) is 35.5 Å². The van der Waals surface area contributed by atoms with Crippen LogP contribution in [0.4, 0.5) is 5.69 Å². The van der Waals surface area contributed by atoms with Crippen molar-refractivity contribution in [2.45, 2.75) is 19.4 Å². The van der Waals surface area contributed by atoms with E-state index in [0.29, 0.717) is 17.4 Å². The fourth-order valence-corrected chi connectivity index (χ4v) is 6.15. The van der Waals surface area contributed by atoms with Gasteiger partial charge in [0.1, 0.15) is 0 Å². The van der Waals surface area contributed by atoms with Gasteiger partial charge in [-0.05, 0) is 49.1 Å². The average Bonchev–Trinajstić information content (AvgIpc) is 3.62. The Morgan fingerprint density at radius 1 is 0.879 bits per heavy atom. The summed E-state index contributed by atoms with van der Waals surface area (Å²) >= 11 is 0. The lowest BCUT2D eigenvalue weighted by Crippen LogP contribution is -2.40. The number of esters is 1. The van der Waals surface area contributed by atoms with Gasteiger partial charge >= 0.3 is 5.97 Å². The van der Waals surface area contributed by atoms with Crippen LogP contribution in [0.3, 0.4) is 0 Å². The molecule has 6 nitrogen and oxygen atoms in total. The monoisotopic (exact) mass is 441 g/mol. The molecule has 4 aliphatic carbocycles. The van der Waals surface area contributed by atoms with Gasteiger partial charge in [0.25, 0.3) is 0 Å². The van der Waals surface area contributed by atoms with Gasteiger partial charge < -0.3 is 4.74 Å². The summed E-state index contributed by atoms with van der Waals surface area (Å²) in [6.07, 6.45) is 4.32. The van der Waals surface area contributed by atoms with Gasteiger partial charge in [-0.2, -0.15) is 0 Å². The van der Waals surface area contributed by atoms with E-state index in [-0.39, 0.29) is 52.5 Å². The molecule has 1 saturated heterocycles. The fourth-order valence-electron chi connectivity index (χ4n) is 6.15. The molecule has 2 amide bonds. The summed E-state index contributed by atoms with van der Waals surface area (Å²) in [4.78, 5) is 53.8. The number of carbonyl (C=O) groups excluding carboxylic acids is 4. The van der Waals surface area contributed by atoms with Crippen LogP contribution in [0.15, 0.2) is 66.7 Å². The minimum Gasteiger partial charge on any atom is -0.451 e. The highest BCUT2D eigenvalue weighted by Crippen LogP contribution is 2.65. The Labute approximate surface area is 191 Å². The van der Waals surface area contributed by atoms with Gasteiger partial charge in [-0.1, -0.05) is 54.6 Å². The molecule has 2 saturated carbocycles. The van der Waals surface area contributed by atoms with Crippen molar-refractivity contribution in [3.8, 4) is 0 Å². The van der Waals surface area contributed by atoms with Crippen LogP contribution in [0.25, 0.3) is 0 Å². The van der Waals surface area contributed by atoms with E-state index in [9.17, 15) is 19.2 Å². The number of Topliss-reactive ketones (excluding diaryl/α,β-unsaturated/α-hetero) is 1. The summed E-state index contributed by atoms with van der Waals surface area (Å²) in [7, 11) is 0. The van der Waals surface area contributed by atoms with Crippen molar-refractivity contribution < 1.29 is 23.9 Å². The predicted octanol–water partition coefficient (Wildman–Crippen LogP) is 3.67. The van der Waals surface area contributed by atoms with Crippen molar-refractivity contribution in [2.75, 3.05) is 4.90 Å². The fraction of sp³-hybridized carbons (Fsp3) is 0.333. The van der Waals surface area contributed by atoms with Gasteiger partial charge in [0, 0.05) is 5.56 Å². The van der Waals surface area contributed by atoms with Crippen LogP contribution < -0.4 is 4.90 Å². The van der Waals surface area contributed by atoms with Crippen molar-refractivity contribution in [1.82, 2.24) is 0 Å². The zero-order valence-corrected chi connectivity index (χ0v) is 18.1. The molecule has 166 valence electrons. The number of benzene rings is 2. The van der Waals surface area contributed by atoms with Crippen LogP contribution in [0.2, 0.25) is 0 Å². The highest BCUT2D eigenvalue weighted by atomic mass is 16.5. The van der Waals surface area contributed by atoms with E-state index in [0.717, 1.165) is 6.42 Å². The number of para-hydroxylation sites is 1.